The Kier molecular flexibility index (Phi) is 6.89. The fraction of sp³-hybridized carbons (Fsp3) is 0.208. The SMILES string of the molecule is COc1cc(NS(C)(=O)=O)ccc1-n1nc(NCCCNC(=O)O)c2cnc(-c3cnn4cccnc34)cc21. The topological polar surface area (TPSA) is 178 Å². The van der Waals surface area contributed by atoms with Crippen LogP contribution in [0.15, 0.2) is 55.1 Å². The Labute approximate surface area is 222 Å². The first-order valence-electron chi connectivity index (χ1n) is 11.8. The van der Waals surface area contributed by atoms with Gasteiger partial charge in [0.05, 0.1) is 47.4 Å². The summed E-state index contributed by atoms with van der Waals surface area (Å²) < 4.78 is 34.8. The maximum absolute atomic E-state index is 11.7. The van der Waals surface area contributed by atoms with E-state index in [1.165, 1.54) is 7.11 Å². The molecule has 0 aliphatic rings. The highest BCUT2D eigenvalue weighted by Crippen LogP contribution is 2.34. The number of aromatic nitrogens is 6. The van der Waals surface area contributed by atoms with E-state index in [-0.39, 0.29) is 6.54 Å². The third-order valence-electron chi connectivity index (χ3n) is 5.75. The Bertz CT molecular complexity index is 1780. The molecule has 15 heteroatoms. The molecule has 4 heterocycles. The number of anilines is 2. The summed E-state index contributed by atoms with van der Waals surface area (Å²) in [5.41, 5.74) is 3.62. The molecule has 0 aliphatic heterocycles. The molecule has 5 aromatic rings. The van der Waals surface area contributed by atoms with Crippen LogP contribution in [0.25, 0.3) is 33.5 Å². The van der Waals surface area contributed by atoms with E-state index in [0.29, 0.717) is 52.8 Å². The zero-order chi connectivity index (χ0) is 27.6. The van der Waals surface area contributed by atoms with Crippen molar-refractivity contribution in [3.05, 3.63) is 55.1 Å². The molecule has 0 fully saturated rings. The summed E-state index contributed by atoms with van der Waals surface area (Å²) >= 11 is 0. The van der Waals surface area contributed by atoms with Crippen molar-refractivity contribution in [2.24, 2.45) is 0 Å². The van der Waals surface area contributed by atoms with Gasteiger partial charge in [-0.05, 0) is 30.7 Å². The van der Waals surface area contributed by atoms with E-state index < -0.39 is 16.1 Å². The Morgan fingerprint density at radius 3 is 2.77 bits per heavy atom. The number of pyridine rings is 1. The molecule has 0 radical (unpaired) electrons. The van der Waals surface area contributed by atoms with Crippen LogP contribution in [0, 0.1) is 0 Å². The second-order valence-electron chi connectivity index (χ2n) is 8.57. The first-order valence-corrected chi connectivity index (χ1v) is 13.7. The number of hydrogen-bond acceptors (Lipinski definition) is 9. The van der Waals surface area contributed by atoms with Gasteiger partial charge in [0, 0.05) is 37.7 Å². The van der Waals surface area contributed by atoms with Crippen LogP contribution in [0.5, 0.6) is 5.75 Å². The van der Waals surface area contributed by atoms with E-state index in [1.807, 2.05) is 6.07 Å². The molecule has 0 bridgehead atoms. The van der Waals surface area contributed by atoms with E-state index in [4.69, 9.17) is 14.9 Å². The van der Waals surface area contributed by atoms with E-state index in [9.17, 15) is 13.2 Å². The molecule has 0 saturated carbocycles. The van der Waals surface area contributed by atoms with Gasteiger partial charge in [0.2, 0.25) is 10.0 Å². The van der Waals surface area contributed by atoms with Crippen LogP contribution in [0.4, 0.5) is 16.3 Å². The van der Waals surface area contributed by atoms with Crippen LogP contribution in [-0.2, 0) is 10.0 Å². The van der Waals surface area contributed by atoms with Crippen LogP contribution in [0.2, 0.25) is 0 Å². The van der Waals surface area contributed by atoms with Crippen molar-refractivity contribution in [2.45, 2.75) is 6.42 Å². The van der Waals surface area contributed by atoms with Gasteiger partial charge in [-0.25, -0.2) is 27.4 Å². The fourth-order valence-corrected chi connectivity index (χ4v) is 4.66. The fourth-order valence-electron chi connectivity index (χ4n) is 4.10. The third-order valence-corrected chi connectivity index (χ3v) is 6.36. The third kappa shape index (κ3) is 5.52. The number of ether oxygens (including phenoxy) is 1. The molecule has 202 valence electrons. The molecule has 1 amide bonds. The van der Waals surface area contributed by atoms with Crippen LogP contribution >= 0.6 is 0 Å². The average Bonchev–Trinajstić information content (AvgIpc) is 3.49. The van der Waals surface area contributed by atoms with Crippen molar-refractivity contribution in [3.8, 4) is 22.7 Å². The first-order chi connectivity index (χ1) is 18.7. The lowest BCUT2D eigenvalue weighted by molar-refractivity contribution is 0.194. The van der Waals surface area contributed by atoms with Gasteiger partial charge in [-0.2, -0.15) is 5.10 Å². The Morgan fingerprint density at radius 1 is 1.15 bits per heavy atom. The van der Waals surface area contributed by atoms with Crippen LogP contribution in [0.3, 0.4) is 0 Å². The average molecular weight is 552 g/mol. The lowest BCUT2D eigenvalue weighted by atomic mass is 10.2. The number of nitrogens with one attached hydrogen (secondary N) is 3. The normalized spacial score (nSPS) is 11.5. The minimum Gasteiger partial charge on any atom is -0.494 e. The Morgan fingerprint density at radius 2 is 2.00 bits per heavy atom. The zero-order valence-electron chi connectivity index (χ0n) is 21.0. The molecule has 0 saturated heterocycles. The van der Waals surface area contributed by atoms with Gasteiger partial charge >= 0.3 is 6.09 Å². The Balaban J connectivity index is 1.59. The van der Waals surface area contributed by atoms with E-state index in [2.05, 4.69) is 30.4 Å². The van der Waals surface area contributed by atoms with E-state index in [1.54, 1.807) is 58.3 Å². The van der Waals surface area contributed by atoms with Gasteiger partial charge < -0.3 is 20.5 Å². The molecule has 0 unspecified atom stereocenters. The van der Waals surface area contributed by atoms with Gasteiger partial charge in [0.1, 0.15) is 11.4 Å². The molecule has 0 aliphatic carbocycles. The molecule has 1 aromatic carbocycles. The highest BCUT2D eigenvalue weighted by Gasteiger charge is 2.19. The van der Waals surface area contributed by atoms with Crippen LogP contribution in [0.1, 0.15) is 6.42 Å². The van der Waals surface area contributed by atoms with Crippen molar-refractivity contribution >= 4 is 44.2 Å². The van der Waals surface area contributed by atoms with Gasteiger partial charge in [0.25, 0.3) is 0 Å². The molecular formula is C24H25N9O5S. The van der Waals surface area contributed by atoms with Gasteiger partial charge in [-0.15, -0.1) is 5.10 Å². The summed E-state index contributed by atoms with van der Waals surface area (Å²) in [5, 5.41) is 24.2. The second-order valence-corrected chi connectivity index (χ2v) is 10.3. The number of hydrogen-bond donors (Lipinski definition) is 4. The number of sulfonamides is 1. The van der Waals surface area contributed by atoms with Crippen molar-refractivity contribution in [1.29, 1.82) is 0 Å². The highest BCUT2D eigenvalue weighted by atomic mass is 32.2. The van der Waals surface area contributed by atoms with Gasteiger partial charge in [0.15, 0.2) is 11.5 Å². The molecular weight excluding hydrogens is 526 g/mol. The summed E-state index contributed by atoms with van der Waals surface area (Å²) in [4.78, 5) is 19.8. The molecule has 39 heavy (non-hydrogen) atoms. The number of carbonyl (C=O) groups is 1. The summed E-state index contributed by atoms with van der Waals surface area (Å²) in [6.07, 6.45) is 7.40. The van der Waals surface area contributed by atoms with E-state index >= 15 is 0 Å². The van der Waals surface area contributed by atoms with Crippen LogP contribution in [-0.4, -0.2) is 75.4 Å². The number of nitrogens with zero attached hydrogens (tertiary/aromatic N) is 6. The first kappa shape index (κ1) is 25.7. The monoisotopic (exact) mass is 551 g/mol. The van der Waals surface area contributed by atoms with Gasteiger partial charge in [-0.3, -0.25) is 9.71 Å². The molecule has 5 rings (SSSR count). The number of rotatable bonds is 10. The maximum atomic E-state index is 11.7. The quantitative estimate of drug-likeness (QED) is 0.189. The molecule has 4 aromatic heterocycles. The smallest absolute Gasteiger partial charge is 0.404 e. The molecule has 0 atom stereocenters. The summed E-state index contributed by atoms with van der Waals surface area (Å²) in [5.74, 6) is 0.930. The maximum Gasteiger partial charge on any atom is 0.404 e. The van der Waals surface area contributed by atoms with Crippen molar-refractivity contribution in [3.63, 3.8) is 0 Å². The second kappa shape index (κ2) is 10.4. The number of amides is 1. The predicted molar refractivity (Wildman–Crippen MR) is 145 cm³/mol. The lowest BCUT2D eigenvalue weighted by Gasteiger charge is -2.12. The van der Waals surface area contributed by atoms with Crippen molar-refractivity contribution < 1.29 is 23.1 Å². The molecule has 14 nitrogen and oxygen atoms in total. The van der Waals surface area contributed by atoms with E-state index in [0.717, 1.165) is 17.2 Å². The zero-order valence-corrected chi connectivity index (χ0v) is 21.8. The summed E-state index contributed by atoms with van der Waals surface area (Å²) in [6.45, 7) is 0.744. The highest BCUT2D eigenvalue weighted by molar-refractivity contribution is 7.92. The molecule has 0 spiro atoms. The molecule has 4 N–H and O–H groups in total. The summed E-state index contributed by atoms with van der Waals surface area (Å²) in [7, 11) is -1.99. The summed E-state index contributed by atoms with van der Waals surface area (Å²) in [6, 6.07) is 8.55. The van der Waals surface area contributed by atoms with Gasteiger partial charge in [-0.1, -0.05) is 0 Å². The predicted octanol–water partition coefficient (Wildman–Crippen LogP) is 2.58. The number of fused-ring (bicyclic) bond motifs is 2. The number of benzene rings is 1. The van der Waals surface area contributed by atoms with Crippen molar-refractivity contribution in [1.82, 2.24) is 34.7 Å². The van der Waals surface area contributed by atoms with Crippen molar-refractivity contribution in [2.75, 3.05) is 36.5 Å². The minimum atomic E-state index is -3.48. The van der Waals surface area contributed by atoms with Crippen LogP contribution < -0.4 is 20.1 Å². The number of carboxylic acid groups (broad SMARTS) is 1. The largest absolute Gasteiger partial charge is 0.494 e. The Hall–Kier alpha value is -4.92. The standard InChI is InChI=1S/C24H25N9O5S/c1-38-21-11-15(31-39(2,36)37)5-6-19(21)33-20-12-18(16-14-29-32-10-4-9-26-23(16)32)28-13-17(20)22(30-33)25-7-3-8-27-24(34)35/h4-6,9-14,27,31H,3,7-8H2,1-2H3,(H,25,30)(H,34,35). The lowest BCUT2D eigenvalue weighted by Crippen LogP contribution is -2.23. The minimum absolute atomic E-state index is 0.285. The number of methoxy groups -OCH3 is 1.